The highest BCUT2D eigenvalue weighted by Gasteiger charge is 2.42. The molecule has 0 N–H and O–H groups in total. The predicted octanol–water partition coefficient (Wildman–Crippen LogP) is 3.39. The summed E-state index contributed by atoms with van der Waals surface area (Å²) in [7, 11) is 0. The van der Waals surface area contributed by atoms with E-state index in [2.05, 4.69) is 0 Å². The van der Waals surface area contributed by atoms with E-state index in [1.54, 1.807) is 37.3 Å². The minimum atomic E-state index is -4.73. The van der Waals surface area contributed by atoms with Gasteiger partial charge in [0.1, 0.15) is 0 Å². The molecule has 0 aliphatic rings. The van der Waals surface area contributed by atoms with E-state index in [9.17, 15) is 18.0 Å². The van der Waals surface area contributed by atoms with Crippen LogP contribution in [0.2, 0.25) is 0 Å². The molecular formula is C12H13F3O. The van der Waals surface area contributed by atoms with Crippen molar-refractivity contribution in [1.82, 2.24) is 0 Å². The number of Topliss-reactive ketones (excluding diaryl/α,β-unsaturated/α-hetero) is 1. The molecule has 0 aliphatic carbocycles. The van der Waals surface area contributed by atoms with Gasteiger partial charge in [0.25, 0.3) is 0 Å². The second-order valence-electron chi connectivity index (χ2n) is 3.66. The maximum atomic E-state index is 12.2. The van der Waals surface area contributed by atoms with Crippen molar-refractivity contribution in [2.45, 2.75) is 25.9 Å². The molecule has 1 aromatic carbocycles. The fourth-order valence-corrected chi connectivity index (χ4v) is 1.55. The van der Waals surface area contributed by atoms with Crippen LogP contribution in [0.25, 0.3) is 0 Å². The molecule has 0 amide bonds. The Morgan fingerprint density at radius 1 is 1.25 bits per heavy atom. The summed E-state index contributed by atoms with van der Waals surface area (Å²) >= 11 is 0. The van der Waals surface area contributed by atoms with Crippen molar-refractivity contribution in [2.75, 3.05) is 0 Å². The summed E-state index contributed by atoms with van der Waals surface area (Å²) in [4.78, 5) is 11.1. The fraction of sp³-hybridized carbons (Fsp3) is 0.417. The van der Waals surface area contributed by atoms with Gasteiger partial charge in [0.05, 0.1) is 0 Å². The summed E-state index contributed by atoms with van der Waals surface area (Å²) in [5.74, 6) is -2.60. The number of alkyl halides is 3. The van der Waals surface area contributed by atoms with Gasteiger partial charge in [-0.25, -0.2) is 0 Å². The quantitative estimate of drug-likeness (QED) is 0.774. The molecule has 0 bridgehead atoms. The van der Waals surface area contributed by atoms with Crippen LogP contribution in [0.3, 0.4) is 0 Å². The first-order valence-corrected chi connectivity index (χ1v) is 5.10. The number of carbonyl (C=O) groups excluding carboxylic acids is 1. The van der Waals surface area contributed by atoms with Crippen molar-refractivity contribution in [3.63, 3.8) is 0 Å². The van der Waals surface area contributed by atoms with Gasteiger partial charge in [0.15, 0.2) is 0 Å². The van der Waals surface area contributed by atoms with E-state index in [0.717, 1.165) is 5.56 Å². The molecule has 1 atom stereocenters. The zero-order chi connectivity index (χ0) is 12.2. The van der Waals surface area contributed by atoms with Gasteiger partial charge in [-0.05, 0) is 18.4 Å². The van der Waals surface area contributed by atoms with E-state index in [-0.39, 0.29) is 12.8 Å². The van der Waals surface area contributed by atoms with Crippen LogP contribution in [0.4, 0.5) is 13.2 Å². The lowest BCUT2D eigenvalue weighted by Gasteiger charge is -2.15. The van der Waals surface area contributed by atoms with Crippen molar-refractivity contribution >= 4 is 5.78 Å². The average Bonchev–Trinajstić information content (AvgIpc) is 2.25. The van der Waals surface area contributed by atoms with Crippen LogP contribution in [0, 0.1) is 5.92 Å². The summed E-state index contributed by atoms with van der Waals surface area (Å²) < 4.78 is 36.7. The first-order chi connectivity index (χ1) is 7.45. The van der Waals surface area contributed by atoms with Crippen LogP contribution in [-0.2, 0) is 11.2 Å². The number of ketones is 1. The molecule has 1 aromatic rings. The van der Waals surface area contributed by atoms with Crippen LogP contribution in [0.5, 0.6) is 0 Å². The van der Waals surface area contributed by atoms with Crippen molar-refractivity contribution in [3.8, 4) is 0 Å². The predicted molar refractivity (Wildman–Crippen MR) is 55.0 cm³/mol. The number of benzene rings is 1. The third-order valence-corrected chi connectivity index (χ3v) is 2.47. The van der Waals surface area contributed by atoms with E-state index in [4.69, 9.17) is 0 Å². The molecule has 0 spiro atoms. The third kappa shape index (κ3) is 3.36. The SMILES string of the molecule is CCC(Cc1ccccc1)C(=O)C(F)(F)F. The van der Waals surface area contributed by atoms with Gasteiger partial charge in [-0.2, -0.15) is 13.2 Å². The first kappa shape index (κ1) is 12.7. The van der Waals surface area contributed by atoms with Crippen molar-refractivity contribution < 1.29 is 18.0 Å². The lowest BCUT2D eigenvalue weighted by atomic mass is 9.92. The lowest BCUT2D eigenvalue weighted by molar-refractivity contribution is -0.175. The van der Waals surface area contributed by atoms with Crippen LogP contribution < -0.4 is 0 Å². The summed E-state index contributed by atoms with van der Waals surface area (Å²) in [5, 5.41) is 0. The van der Waals surface area contributed by atoms with Crippen LogP contribution >= 0.6 is 0 Å². The summed E-state index contributed by atoms with van der Waals surface area (Å²) in [6.07, 6.45) is -4.38. The van der Waals surface area contributed by atoms with Crippen LogP contribution in [0.1, 0.15) is 18.9 Å². The van der Waals surface area contributed by atoms with Crippen LogP contribution in [0.15, 0.2) is 30.3 Å². The normalized spacial score (nSPS) is 13.5. The molecule has 1 unspecified atom stereocenters. The Hall–Kier alpha value is -1.32. The number of halogens is 3. The van der Waals surface area contributed by atoms with Crippen molar-refractivity contribution in [3.05, 3.63) is 35.9 Å². The van der Waals surface area contributed by atoms with Gasteiger partial charge in [-0.3, -0.25) is 4.79 Å². The zero-order valence-electron chi connectivity index (χ0n) is 8.92. The van der Waals surface area contributed by atoms with Crippen LogP contribution in [-0.4, -0.2) is 12.0 Å². The molecule has 0 saturated heterocycles. The Labute approximate surface area is 92.3 Å². The minimum absolute atomic E-state index is 0.148. The van der Waals surface area contributed by atoms with Crippen molar-refractivity contribution in [2.24, 2.45) is 5.92 Å². The molecule has 0 aliphatic heterocycles. The molecule has 0 saturated carbocycles. The molecule has 0 heterocycles. The Balaban J connectivity index is 2.74. The van der Waals surface area contributed by atoms with E-state index < -0.39 is 17.9 Å². The number of hydrogen-bond acceptors (Lipinski definition) is 1. The lowest BCUT2D eigenvalue weighted by Crippen LogP contribution is -2.31. The molecule has 0 radical (unpaired) electrons. The van der Waals surface area contributed by atoms with Gasteiger partial charge in [-0.15, -0.1) is 0 Å². The summed E-state index contributed by atoms with van der Waals surface area (Å²) in [6, 6.07) is 8.74. The van der Waals surface area contributed by atoms with Gasteiger partial charge in [-0.1, -0.05) is 37.3 Å². The minimum Gasteiger partial charge on any atom is -0.289 e. The molecule has 4 heteroatoms. The third-order valence-electron chi connectivity index (χ3n) is 2.47. The Morgan fingerprint density at radius 2 is 1.81 bits per heavy atom. The smallest absolute Gasteiger partial charge is 0.289 e. The molecule has 88 valence electrons. The number of hydrogen-bond donors (Lipinski definition) is 0. The Bertz CT molecular complexity index is 343. The van der Waals surface area contributed by atoms with Gasteiger partial charge < -0.3 is 0 Å². The highest BCUT2D eigenvalue weighted by Crippen LogP contribution is 2.25. The van der Waals surface area contributed by atoms with E-state index >= 15 is 0 Å². The topological polar surface area (TPSA) is 17.1 Å². The van der Waals surface area contributed by atoms with Gasteiger partial charge >= 0.3 is 6.18 Å². The number of carbonyl (C=O) groups is 1. The standard InChI is InChI=1S/C12H13F3O/c1-2-10(11(16)12(13,14)15)8-9-6-4-3-5-7-9/h3-7,10H,2,8H2,1H3. The molecule has 1 nitrogen and oxygen atoms in total. The van der Waals surface area contributed by atoms with E-state index in [1.807, 2.05) is 0 Å². The largest absolute Gasteiger partial charge is 0.450 e. The highest BCUT2D eigenvalue weighted by molar-refractivity contribution is 5.86. The first-order valence-electron chi connectivity index (χ1n) is 5.10. The van der Waals surface area contributed by atoms with Crippen molar-refractivity contribution in [1.29, 1.82) is 0 Å². The molecule has 0 fully saturated rings. The zero-order valence-corrected chi connectivity index (χ0v) is 8.92. The summed E-state index contributed by atoms with van der Waals surface area (Å²) in [6.45, 7) is 1.59. The van der Waals surface area contributed by atoms with Gasteiger partial charge in [0.2, 0.25) is 5.78 Å². The monoisotopic (exact) mass is 230 g/mol. The molecule has 0 aromatic heterocycles. The Morgan fingerprint density at radius 3 is 2.25 bits per heavy atom. The highest BCUT2D eigenvalue weighted by atomic mass is 19.4. The van der Waals surface area contributed by atoms with Gasteiger partial charge in [0, 0.05) is 5.92 Å². The maximum absolute atomic E-state index is 12.2. The van der Waals surface area contributed by atoms with E-state index in [1.165, 1.54) is 0 Å². The maximum Gasteiger partial charge on any atom is 0.450 e. The second kappa shape index (κ2) is 5.14. The summed E-state index contributed by atoms with van der Waals surface area (Å²) in [5.41, 5.74) is 0.756. The van der Waals surface area contributed by atoms with E-state index in [0.29, 0.717) is 0 Å². The molecular weight excluding hydrogens is 217 g/mol. The Kier molecular flexibility index (Phi) is 4.10. The average molecular weight is 230 g/mol. The molecule has 1 rings (SSSR count). The molecule has 16 heavy (non-hydrogen) atoms. The fourth-order valence-electron chi connectivity index (χ4n) is 1.55. The second-order valence-corrected chi connectivity index (χ2v) is 3.66. The number of rotatable bonds is 4.